The standard InChI is InChI=1S/C17H23ClN4O/c18-17-20-14-8-4-7-13(14)15(21-17)22-9-11(10-22)16(23)19-12-5-2-1-3-6-12/h11-12H,1-10H2,(H,19,23). The quantitative estimate of drug-likeness (QED) is 0.863. The Morgan fingerprint density at radius 3 is 2.65 bits per heavy atom. The second kappa shape index (κ2) is 6.27. The molecule has 0 radical (unpaired) electrons. The average molecular weight is 335 g/mol. The Kier molecular flexibility index (Phi) is 4.14. The first-order valence-corrected chi connectivity index (χ1v) is 9.19. The van der Waals surface area contributed by atoms with Crippen LogP contribution in [0.4, 0.5) is 5.82 Å². The van der Waals surface area contributed by atoms with E-state index in [0.717, 1.165) is 56.7 Å². The molecule has 2 fully saturated rings. The number of anilines is 1. The summed E-state index contributed by atoms with van der Waals surface area (Å²) < 4.78 is 0. The van der Waals surface area contributed by atoms with Gasteiger partial charge < -0.3 is 10.2 Å². The molecule has 3 aliphatic rings. The average Bonchev–Trinajstić information content (AvgIpc) is 2.94. The van der Waals surface area contributed by atoms with E-state index in [1.54, 1.807) is 0 Å². The lowest BCUT2D eigenvalue weighted by Gasteiger charge is -2.40. The molecule has 1 saturated carbocycles. The van der Waals surface area contributed by atoms with E-state index in [-0.39, 0.29) is 11.8 Å². The van der Waals surface area contributed by atoms with E-state index in [1.807, 2.05) is 0 Å². The number of fused-ring (bicyclic) bond motifs is 1. The lowest BCUT2D eigenvalue weighted by molar-refractivity contribution is -0.126. The molecule has 124 valence electrons. The van der Waals surface area contributed by atoms with Crippen molar-refractivity contribution >= 4 is 23.3 Å². The van der Waals surface area contributed by atoms with E-state index in [4.69, 9.17) is 11.6 Å². The molecule has 0 atom stereocenters. The number of nitrogens with zero attached hydrogens (tertiary/aromatic N) is 3. The summed E-state index contributed by atoms with van der Waals surface area (Å²) in [6, 6.07) is 0.392. The molecule has 1 aromatic rings. The molecule has 0 bridgehead atoms. The zero-order valence-corrected chi connectivity index (χ0v) is 14.1. The van der Waals surface area contributed by atoms with Crippen LogP contribution in [0, 0.1) is 5.92 Å². The summed E-state index contributed by atoms with van der Waals surface area (Å²) in [6.45, 7) is 1.50. The first kappa shape index (κ1) is 15.2. The molecular weight excluding hydrogens is 312 g/mol. The molecule has 1 aliphatic heterocycles. The molecule has 1 aromatic heterocycles. The second-order valence-corrected chi connectivity index (χ2v) is 7.38. The largest absolute Gasteiger partial charge is 0.354 e. The Morgan fingerprint density at radius 2 is 1.87 bits per heavy atom. The van der Waals surface area contributed by atoms with Gasteiger partial charge in [0, 0.05) is 24.7 Å². The van der Waals surface area contributed by atoms with Crippen LogP contribution in [0.15, 0.2) is 0 Å². The van der Waals surface area contributed by atoms with E-state index in [9.17, 15) is 4.79 Å². The van der Waals surface area contributed by atoms with Crippen LogP contribution in [-0.2, 0) is 17.6 Å². The summed E-state index contributed by atoms with van der Waals surface area (Å²) in [5.41, 5.74) is 2.33. The number of rotatable bonds is 3. The number of carbonyl (C=O) groups excluding carboxylic acids is 1. The Morgan fingerprint density at radius 1 is 1.09 bits per heavy atom. The molecule has 4 rings (SSSR count). The van der Waals surface area contributed by atoms with E-state index in [1.165, 1.54) is 24.8 Å². The molecule has 23 heavy (non-hydrogen) atoms. The van der Waals surface area contributed by atoms with Crippen molar-refractivity contribution in [2.45, 2.75) is 57.4 Å². The highest BCUT2D eigenvalue weighted by Crippen LogP contribution is 2.33. The minimum absolute atomic E-state index is 0.0859. The molecule has 5 nitrogen and oxygen atoms in total. The van der Waals surface area contributed by atoms with Crippen LogP contribution in [0.2, 0.25) is 5.28 Å². The molecule has 0 spiro atoms. The number of carbonyl (C=O) groups is 1. The maximum absolute atomic E-state index is 12.4. The van der Waals surface area contributed by atoms with Crippen molar-refractivity contribution in [2.75, 3.05) is 18.0 Å². The normalized spacial score (nSPS) is 21.9. The molecule has 1 saturated heterocycles. The zero-order valence-electron chi connectivity index (χ0n) is 13.4. The Hall–Kier alpha value is -1.36. The third-order valence-electron chi connectivity index (χ3n) is 5.39. The number of hydrogen-bond donors (Lipinski definition) is 1. The molecule has 0 aromatic carbocycles. The molecule has 2 heterocycles. The monoisotopic (exact) mass is 334 g/mol. The van der Waals surface area contributed by atoms with Gasteiger partial charge in [-0.05, 0) is 43.7 Å². The summed E-state index contributed by atoms with van der Waals surface area (Å²) in [7, 11) is 0. The van der Waals surface area contributed by atoms with Gasteiger partial charge in [0.2, 0.25) is 11.2 Å². The van der Waals surface area contributed by atoms with Gasteiger partial charge >= 0.3 is 0 Å². The van der Waals surface area contributed by atoms with Crippen LogP contribution >= 0.6 is 11.6 Å². The van der Waals surface area contributed by atoms with Gasteiger partial charge in [0.1, 0.15) is 5.82 Å². The van der Waals surface area contributed by atoms with E-state index < -0.39 is 0 Å². The second-order valence-electron chi connectivity index (χ2n) is 7.04. The van der Waals surface area contributed by atoms with Crippen molar-refractivity contribution in [1.29, 1.82) is 0 Å². The first-order chi connectivity index (χ1) is 11.2. The molecule has 6 heteroatoms. The fraction of sp³-hybridized carbons (Fsp3) is 0.706. The summed E-state index contributed by atoms with van der Waals surface area (Å²) in [6.07, 6.45) is 9.20. The number of aryl methyl sites for hydroxylation is 1. The number of halogens is 1. The first-order valence-electron chi connectivity index (χ1n) is 8.81. The fourth-order valence-electron chi connectivity index (χ4n) is 4.03. The Balaban J connectivity index is 1.37. The van der Waals surface area contributed by atoms with Gasteiger partial charge in [-0.25, -0.2) is 9.97 Å². The van der Waals surface area contributed by atoms with E-state index in [0.29, 0.717) is 11.3 Å². The molecule has 1 N–H and O–H groups in total. The maximum atomic E-state index is 12.4. The van der Waals surface area contributed by atoms with Gasteiger partial charge in [-0.3, -0.25) is 4.79 Å². The molecular formula is C17H23ClN4O. The van der Waals surface area contributed by atoms with Crippen LogP contribution in [-0.4, -0.2) is 35.0 Å². The van der Waals surface area contributed by atoms with Crippen LogP contribution in [0.25, 0.3) is 0 Å². The lowest BCUT2D eigenvalue weighted by Crippen LogP contribution is -2.55. The van der Waals surface area contributed by atoms with Gasteiger partial charge in [-0.1, -0.05) is 19.3 Å². The van der Waals surface area contributed by atoms with Crippen molar-refractivity contribution in [1.82, 2.24) is 15.3 Å². The van der Waals surface area contributed by atoms with Crippen molar-refractivity contribution in [2.24, 2.45) is 5.92 Å². The summed E-state index contributed by atoms with van der Waals surface area (Å²) in [5.74, 6) is 1.26. The highest BCUT2D eigenvalue weighted by Gasteiger charge is 2.36. The smallest absolute Gasteiger partial charge is 0.226 e. The molecule has 2 aliphatic carbocycles. The number of aromatic nitrogens is 2. The Labute approximate surface area is 141 Å². The van der Waals surface area contributed by atoms with Crippen LogP contribution in [0.5, 0.6) is 0 Å². The van der Waals surface area contributed by atoms with Gasteiger partial charge in [0.05, 0.1) is 11.6 Å². The SMILES string of the molecule is O=C(NC1CCCCC1)C1CN(c2nc(Cl)nc3c2CCC3)C1. The maximum Gasteiger partial charge on any atom is 0.226 e. The Bertz CT molecular complexity index is 609. The van der Waals surface area contributed by atoms with E-state index in [2.05, 4.69) is 20.2 Å². The predicted octanol–water partition coefficient (Wildman–Crippen LogP) is 2.50. The molecule has 1 amide bonds. The van der Waals surface area contributed by atoms with Gasteiger partial charge in [-0.2, -0.15) is 0 Å². The molecule has 0 unspecified atom stereocenters. The summed E-state index contributed by atoms with van der Waals surface area (Å²) >= 11 is 6.05. The van der Waals surface area contributed by atoms with Crippen LogP contribution < -0.4 is 10.2 Å². The highest BCUT2D eigenvalue weighted by molar-refractivity contribution is 6.28. The lowest BCUT2D eigenvalue weighted by atomic mass is 9.93. The zero-order chi connectivity index (χ0) is 15.8. The number of hydrogen-bond acceptors (Lipinski definition) is 4. The van der Waals surface area contributed by atoms with E-state index >= 15 is 0 Å². The van der Waals surface area contributed by atoms with Gasteiger partial charge in [0.25, 0.3) is 0 Å². The topological polar surface area (TPSA) is 58.1 Å². The highest BCUT2D eigenvalue weighted by atomic mass is 35.5. The summed E-state index contributed by atoms with van der Waals surface area (Å²) in [5, 5.41) is 3.56. The fourth-order valence-corrected chi connectivity index (χ4v) is 4.21. The van der Waals surface area contributed by atoms with Crippen LogP contribution in [0.1, 0.15) is 49.8 Å². The minimum Gasteiger partial charge on any atom is -0.354 e. The summed E-state index contributed by atoms with van der Waals surface area (Å²) in [4.78, 5) is 23.3. The van der Waals surface area contributed by atoms with Crippen molar-refractivity contribution in [3.05, 3.63) is 16.5 Å². The van der Waals surface area contributed by atoms with Crippen molar-refractivity contribution < 1.29 is 4.79 Å². The predicted molar refractivity (Wildman–Crippen MR) is 89.8 cm³/mol. The van der Waals surface area contributed by atoms with Gasteiger partial charge in [0.15, 0.2) is 0 Å². The third-order valence-corrected chi connectivity index (χ3v) is 5.56. The van der Waals surface area contributed by atoms with Crippen molar-refractivity contribution in [3.63, 3.8) is 0 Å². The number of amides is 1. The van der Waals surface area contributed by atoms with Gasteiger partial charge in [-0.15, -0.1) is 0 Å². The number of nitrogens with one attached hydrogen (secondary N) is 1. The van der Waals surface area contributed by atoms with Crippen LogP contribution in [0.3, 0.4) is 0 Å². The van der Waals surface area contributed by atoms with Crippen molar-refractivity contribution in [3.8, 4) is 0 Å². The third kappa shape index (κ3) is 3.03. The minimum atomic E-state index is 0.0859.